The van der Waals surface area contributed by atoms with Crippen molar-refractivity contribution in [1.29, 1.82) is 0 Å². The quantitative estimate of drug-likeness (QED) is 0.121. The van der Waals surface area contributed by atoms with Crippen molar-refractivity contribution in [3.8, 4) is 0 Å². The van der Waals surface area contributed by atoms with E-state index in [1.165, 1.54) is 261 Å². The molecule has 134 heavy (non-hydrogen) atoms. The fourth-order valence-electron chi connectivity index (χ4n) is 23.2. The lowest BCUT2D eigenvalue weighted by Gasteiger charge is -2.38. The van der Waals surface area contributed by atoms with E-state index in [-0.39, 0.29) is 0 Å². The summed E-state index contributed by atoms with van der Waals surface area (Å²) in [5, 5.41) is 45.5. The third-order valence-electron chi connectivity index (χ3n) is 29.5. The van der Waals surface area contributed by atoms with Crippen LogP contribution in [-0.4, -0.2) is 9.80 Å². The molecule has 24 aromatic carbocycles. The zero-order chi connectivity index (χ0) is 87.5. The minimum absolute atomic E-state index is 1.16. The smallest absolute Gasteiger partial charge is 0.0474 e. The summed E-state index contributed by atoms with van der Waals surface area (Å²) < 4.78 is 0. The van der Waals surface area contributed by atoms with Gasteiger partial charge in [0.05, 0.1) is 0 Å². The normalized spacial score (nSPS) is 14.8. The van der Waals surface area contributed by atoms with E-state index in [1.807, 2.05) is 0 Å². The molecule has 0 N–H and O–H groups in total. The molecule has 6 aliphatic heterocycles. The molecule has 0 aliphatic carbocycles. The molecule has 0 amide bonds. The zero-order valence-electron chi connectivity index (χ0n) is 72.9. The summed E-state index contributed by atoms with van der Waals surface area (Å²) in [6, 6.07) is 149. The Morgan fingerprint density at radius 3 is 0.500 bits per heavy atom. The maximum atomic E-state index is 2.46. The fraction of sp³-hybridized carbons (Fsp3) is 0. The van der Waals surface area contributed by atoms with Crippen LogP contribution in [0.4, 0.5) is 0 Å². The Labute approximate surface area is 772 Å². The Morgan fingerprint density at radius 1 is 0.0970 bits per heavy atom. The van der Waals surface area contributed by atoms with Crippen LogP contribution in [0.15, 0.2) is 507 Å². The number of rotatable bonds is 6. The van der Waals surface area contributed by atoms with E-state index >= 15 is 0 Å². The van der Waals surface area contributed by atoms with Crippen LogP contribution in [-0.2, 0) is 0 Å². The molecule has 0 saturated carbocycles. The van der Waals surface area contributed by atoms with Gasteiger partial charge in [-0.1, -0.05) is 309 Å². The van der Waals surface area contributed by atoms with Crippen LogP contribution in [0.5, 0.6) is 0 Å². The third-order valence-corrected chi connectivity index (χ3v) is 29.5. The fourth-order valence-corrected chi connectivity index (χ4v) is 23.2. The van der Waals surface area contributed by atoms with Gasteiger partial charge in [0.2, 0.25) is 0 Å². The molecule has 2 heteroatoms. The van der Waals surface area contributed by atoms with Crippen LogP contribution in [0.25, 0.3) is 227 Å². The van der Waals surface area contributed by atoms with Crippen molar-refractivity contribution in [2.24, 2.45) is 0 Å². The number of hydrogen-bond donors (Lipinski definition) is 0. The van der Waals surface area contributed by atoms with Gasteiger partial charge in [0, 0.05) is 34.2 Å². The van der Waals surface area contributed by atoms with E-state index in [4.69, 9.17) is 0 Å². The van der Waals surface area contributed by atoms with Gasteiger partial charge in [0.1, 0.15) is 0 Å². The molecular formula is C132H78N2. The summed E-state index contributed by atoms with van der Waals surface area (Å²) in [7, 11) is 0. The van der Waals surface area contributed by atoms with Gasteiger partial charge in [-0.15, -0.1) is 0 Å². The molecule has 0 spiro atoms. The summed E-state index contributed by atoms with van der Waals surface area (Å²) >= 11 is 0. The molecule has 24 aromatic rings. The molecule has 2 nitrogen and oxygen atoms in total. The average Bonchev–Trinajstić information content (AvgIpc) is 0.759. The number of hydrogen-bond acceptors (Lipinski definition) is 2. The minimum atomic E-state index is 1.16. The molecule has 30 rings (SSSR count). The first-order chi connectivity index (χ1) is 66.3. The topological polar surface area (TPSA) is 6.48 Å². The van der Waals surface area contributed by atoms with Gasteiger partial charge in [-0.05, 0) is 425 Å². The number of nitrogens with zero attached hydrogens (tertiary/aromatic N) is 2. The summed E-state index contributed by atoms with van der Waals surface area (Å²) in [4.78, 5) is 4.91. The maximum Gasteiger partial charge on any atom is 0.0474 e. The highest BCUT2D eigenvalue weighted by molar-refractivity contribution is 6.23. The predicted molar refractivity (Wildman–Crippen MR) is 574 cm³/mol. The molecule has 616 valence electrons. The molecule has 0 fully saturated rings. The van der Waals surface area contributed by atoms with Crippen molar-refractivity contribution >= 4 is 227 Å². The third kappa shape index (κ3) is 11.7. The van der Waals surface area contributed by atoms with Crippen LogP contribution >= 0.6 is 0 Å². The first-order valence-electron chi connectivity index (χ1n) is 46.6. The van der Waals surface area contributed by atoms with Crippen molar-refractivity contribution in [3.63, 3.8) is 0 Å². The lowest BCUT2D eigenvalue weighted by atomic mass is 9.85. The highest BCUT2D eigenvalue weighted by atomic mass is 15.2. The Bertz CT molecular complexity index is 9100. The van der Waals surface area contributed by atoms with Gasteiger partial charge in [-0.25, -0.2) is 0 Å². The number of fused-ring (bicyclic) bond motifs is 24. The molecule has 0 unspecified atom stereocenters. The summed E-state index contributed by atoms with van der Waals surface area (Å²) in [6.07, 6.45) is 29.0. The number of benzene rings is 24. The standard InChI is InChI=1S/2C66H39N/c1-4-16-43-34-61-46(25-40(43)13-1)37-64(58-22-10-7-19-55(58)61)49-28-52-30-50(65-38-47-26-41-14-2-5-17-44(41)35-62(47)56-20-8-11-23-59(56)65)32-54-33-51(31-53(29-49)67(52)54)66-39-48-27-42-15-3-6-18-45(42)36-63(48)57-21-9-12-24-60(57)66;1-4-13-43-37-64-46(28-40(43)10-1)22-25-61-55(16-7-19-58(61)64)49-31-52-33-50(56-17-8-20-59-62(56)26-23-47-29-41-11-2-5-14-44(41)38-65(47)59)35-54-36-51(34-53(32-49)67(52)54)57-18-9-21-60-63(57)27-24-48-30-42-12-3-6-15-45(42)39-66(48)60/h2*1-39H. The maximum absolute atomic E-state index is 2.46. The van der Waals surface area contributed by atoms with Gasteiger partial charge in [0.25, 0.3) is 0 Å². The molecule has 0 saturated heterocycles. The second-order valence-corrected chi connectivity index (χ2v) is 37.0. The minimum Gasteiger partial charge on any atom is -0.310 e. The van der Waals surface area contributed by atoms with Gasteiger partial charge in [0.15, 0.2) is 0 Å². The van der Waals surface area contributed by atoms with Crippen LogP contribution in [0, 0.1) is 0 Å². The highest BCUT2D eigenvalue weighted by Gasteiger charge is 2.33. The van der Waals surface area contributed by atoms with Crippen molar-refractivity contribution < 1.29 is 0 Å². The van der Waals surface area contributed by atoms with Crippen molar-refractivity contribution in [1.82, 2.24) is 9.80 Å². The second-order valence-electron chi connectivity index (χ2n) is 37.0. The second kappa shape index (κ2) is 29.0. The first-order valence-corrected chi connectivity index (χ1v) is 46.6. The van der Waals surface area contributed by atoms with E-state index in [0.29, 0.717) is 0 Å². The molecular weight excluding hydrogens is 1610 g/mol. The molecule has 0 aromatic heterocycles. The van der Waals surface area contributed by atoms with E-state index in [0.717, 1.165) is 34.2 Å². The molecule has 6 aliphatic rings. The van der Waals surface area contributed by atoms with Gasteiger partial charge in [-0.2, -0.15) is 0 Å². The molecule has 0 atom stereocenters. The van der Waals surface area contributed by atoms with Gasteiger partial charge >= 0.3 is 0 Å². The number of allylic oxidation sites excluding steroid dienone is 18. The van der Waals surface area contributed by atoms with E-state index < -0.39 is 0 Å². The van der Waals surface area contributed by atoms with Crippen LogP contribution in [0.3, 0.4) is 0 Å². The Balaban J connectivity index is 0.000000131. The molecule has 0 bridgehead atoms. The summed E-state index contributed by atoms with van der Waals surface area (Å²) in [5.41, 5.74) is 21.6. The summed E-state index contributed by atoms with van der Waals surface area (Å²) in [5.74, 6) is 0. The Hall–Kier alpha value is -17.6. The Kier molecular flexibility index (Phi) is 16.1. The lowest BCUT2D eigenvalue weighted by Crippen LogP contribution is -2.26. The van der Waals surface area contributed by atoms with Crippen LogP contribution in [0.2, 0.25) is 0 Å². The van der Waals surface area contributed by atoms with Crippen molar-refractivity contribution in [3.05, 3.63) is 541 Å². The SMILES string of the molecule is C1=C(c2cc3cc4ccccc4cc3c3ccccc23)C=C2C=C(c3cc4cc5ccccc5cc4c4ccccc34)C=C3C=C(c4cc5cc6ccccc6cc5c5ccccc45)C=C1N23.C1=C(c2cccc3c2ccc2cc4ccccc4cc23)C=C2C=C(c3cccc4c3ccc3cc5ccccc5cc34)C=C3C=C(c4cccc5c4ccc4cc6ccccc6cc45)C=C1N23. The predicted octanol–water partition coefficient (Wildman–Crippen LogP) is 35.2. The van der Waals surface area contributed by atoms with Gasteiger partial charge < -0.3 is 9.80 Å². The monoisotopic (exact) mass is 1690 g/mol. The van der Waals surface area contributed by atoms with E-state index in [9.17, 15) is 0 Å². The average molecular weight is 1690 g/mol. The molecule has 0 radical (unpaired) electrons. The van der Waals surface area contributed by atoms with Gasteiger partial charge in [-0.3, -0.25) is 0 Å². The van der Waals surface area contributed by atoms with Crippen LogP contribution in [0.1, 0.15) is 33.4 Å². The highest BCUT2D eigenvalue weighted by Crippen LogP contribution is 2.52. The Morgan fingerprint density at radius 2 is 0.269 bits per heavy atom. The summed E-state index contributed by atoms with van der Waals surface area (Å²) in [6.45, 7) is 0. The zero-order valence-corrected chi connectivity index (χ0v) is 72.9. The van der Waals surface area contributed by atoms with E-state index in [1.54, 1.807) is 0 Å². The molecule has 6 heterocycles. The first kappa shape index (κ1) is 74.4. The lowest BCUT2D eigenvalue weighted by molar-refractivity contribution is 0.567. The van der Waals surface area contributed by atoms with Crippen molar-refractivity contribution in [2.45, 2.75) is 0 Å². The largest absolute Gasteiger partial charge is 0.310 e. The van der Waals surface area contributed by atoms with Crippen LogP contribution < -0.4 is 0 Å². The van der Waals surface area contributed by atoms with Crippen molar-refractivity contribution in [2.75, 3.05) is 0 Å². The van der Waals surface area contributed by atoms with E-state index in [2.05, 4.69) is 483 Å².